The van der Waals surface area contributed by atoms with E-state index in [1.807, 2.05) is 37.4 Å². The smallest absolute Gasteiger partial charge is 0.227 e. The molecule has 0 aliphatic carbocycles. The standard InChI is InChI=1S/C23H29Cl2N3O3S/c1-27(23(29)14-17-8-9-20(24)21(25)13-17)22(16-28-10-3-4-11-28)19-7-5-6-18(12-19)15-26-32(2,30)31/h5-9,12-13,22,26H,3-4,10-11,14-16H2,1-2H3. The van der Waals surface area contributed by atoms with Gasteiger partial charge in [-0.15, -0.1) is 0 Å². The highest BCUT2D eigenvalue weighted by Gasteiger charge is 2.26. The van der Waals surface area contributed by atoms with Crippen LogP contribution in [0.1, 0.15) is 35.6 Å². The van der Waals surface area contributed by atoms with Gasteiger partial charge in [0.2, 0.25) is 15.9 Å². The third-order valence-corrected chi connectivity index (χ3v) is 7.11. The molecule has 1 N–H and O–H groups in total. The van der Waals surface area contributed by atoms with Gasteiger partial charge in [-0.1, -0.05) is 53.5 Å². The molecular formula is C23H29Cl2N3O3S. The molecule has 0 bridgehead atoms. The number of likely N-dealkylation sites (N-methyl/N-ethyl adjacent to an activating group) is 1. The number of amides is 1. The Morgan fingerprint density at radius 3 is 2.47 bits per heavy atom. The molecule has 1 aliphatic heterocycles. The van der Waals surface area contributed by atoms with Crippen molar-refractivity contribution in [2.45, 2.75) is 31.8 Å². The maximum atomic E-state index is 13.2. The van der Waals surface area contributed by atoms with Crippen molar-refractivity contribution in [3.05, 3.63) is 69.2 Å². The number of hydrogen-bond donors (Lipinski definition) is 1. The van der Waals surface area contributed by atoms with Gasteiger partial charge in [-0.05, 0) is 54.8 Å². The van der Waals surface area contributed by atoms with Gasteiger partial charge in [0, 0.05) is 20.1 Å². The van der Waals surface area contributed by atoms with E-state index in [0.717, 1.165) is 55.4 Å². The predicted octanol–water partition coefficient (Wildman–Crippen LogP) is 3.88. The van der Waals surface area contributed by atoms with Crippen LogP contribution in [0.3, 0.4) is 0 Å². The Balaban J connectivity index is 1.81. The largest absolute Gasteiger partial charge is 0.337 e. The lowest BCUT2D eigenvalue weighted by atomic mass is 10.0. The van der Waals surface area contributed by atoms with Gasteiger partial charge in [-0.2, -0.15) is 0 Å². The average molecular weight is 498 g/mol. The molecule has 0 saturated carbocycles. The van der Waals surface area contributed by atoms with Gasteiger partial charge in [-0.3, -0.25) is 4.79 Å². The third kappa shape index (κ3) is 7.18. The van der Waals surface area contributed by atoms with E-state index in [2.05, 4.69) is 9.62 Å². The SMILES string of the molecule is CN(C(=O)Cc1ccc(Cl)c(Cl)c1)C(CN1CCCC1)c1cccc(CNS(C)(=O)=O)c1. The summed E-state index contributed by atoms with van der Waals surface area (Å²) < 4.78 is 25.5. The number of carbonyl (C=O) groups excluding carboxylic acids is 1. The first kappa shape index (κ1) is 25.0. The lowest BCUT2D eigenvalue weighted by Gasteiger charge is -2.32. The number of rotatable bonds is 9. The normalized spacial score (nSPS) is 15.6. The highest BCUT2D eigenvalue weighted by molar-refractivity contribution is 7.88. The summed E-state index contributed by atoms with van der Waals surface area (Å²) in [6, 6.07) is 12.8. The number of likely N-dealkylation sites (tertiary alicyclic amines) is 1. The Morgan fingerprint density at radius 1 is 1.09 bits per heavy atom. The van der Waals surface area contributed by atoms with Crippen LogP contribution in [-0.4, -0.2) is 57.1 Å². The summed E-state index contributed by atoms with van der Waals surface area (Å²) in [5.41, 5.74) is 2.64. The van der Waals surface area contributed by atoms with Gasteiger partial charge in [0.1, 0.15) is 0 Å². The molecule has 1 heterocycles. The Hall–Kier alpha value is -1.64. The van der Waals surface area contributed by atoms with Crippen molar-refractivity contribution in [3.63, 3.8) is 0 Å². The van der Waals surface area contributed by atoms with E-state index in [0.29, 0.717) is 10.0 Å². The van der Waals surface area contributed by atoms with Gasteiger partial charge in [0.15, 0.2) is 0 Å². The van der Waals surface area contributed by atoms with Crippen molar-refractivity contribution < 1.29 is 13.2 Å². The van der Waals surface area contributed by atoms with Crippen molar-refractivity contribution in [2.75, 3.05) is 32.9 Å². The Kier molecular flexibility index (Phi) is 8.58. The zero-order valence-corrected chi connectivity index (χ0v) is 20.7. The van der Waals surface area contributed by atoms with Crippen LogP contribution >= 0.6 is 23.2 Å². The van der Waals surface area contributed by atoms with Crippen LogP contribution in [0.15, 0.2) is 42.5 Å². The van der Waals surface area contributed by atoms with Gasteiger partial charge >= 0.3 is 0 Å². The van der Waals surface area contributed by atoms with Crippen LogP contribution in [-0.2, 0) is 27.8 Å². The second-order valence-electron chi connectivity index (χ2n) is 8.29. The van der Waals surface area contributed by atoms with Gasteiger partial charge in [0.25, 0.3) is 0 Å². The van der Waals surface area contributed by atoms with Gasteiger partial charge in [-0.25, -0.2) is 13.1 Å². The molecule has 1 amide bonds. The van der Waals surface area contributed by atoms with E-state index in [1.165, 1.54) is 0 Å². The fourth-order valence-corrected chi connectivity index (χ4v) is 4.66. The van der Waals surface area contributed by atoms with E-state index < -0.39 is 10.0 Å². The number of sulfonamides is 1. The molecule has 9 heteroatoms. The van der Waals surface area contributed by atoms with Crippen molar-refractivity contribution in [3.8, 4) is 0 Å². The second kappa shape index (κ2) is 11.0. The zero-order valence-electron chi connectivity index (χ0n) is 18.4. The molecule has 32 heavy (non-hydrogen) atoms. The molecule has 0 spiro atoms. The topological polar surface area (TPSA) is 69.7 Å². The lowest BCUT2D eigenvalue weighted by Crippen LogP contribution is -2.39. The molecule has 1 fully saturated rings. The number of halogens is 2. The minimum absolute atomic E-state index is 0.0211. The second-order valence-corrected chi connectivity index (χ2v) is 10.9. The molecule has 2 aromatic carbocycles. The fourth-order valence-electron chi connectivity index (χ4n) is 3.91. The lowest BCUT2D eigenvalue weighted by molar-refractivity contribution is -0.131. The zero-order chi connectivity index (χ0) is 23.3. The van der Waals surface area contributed by atoms with Crippen molar-refractivity contribution >= 4 is 39.1 Å². The molecule has 3 rings (SSSR count). The van der Waals surface area contributed by atoms with Crippen LogP contribution in [0.25, 0.3) is 0 Å². The number of hydrogen-bond acceptors (Lipinski definition) is 4. The minimum Gasteiger partial charge on any atom is -0.337 e. The minimum atomic E-state index is -3.29. The van der Waals surface area contributed by atoms with E-state index in [4.69, 9.17) is 23.2 Å². The Bertz CT molecular complexity index is 1060. The summed E-state index contributed by atoms with van der Waals surface area (Å²) in [6.07, 6.45) is 3.68. The van der Waals surface area contributed by atoms with Crippen molar-refractivity contribution in [1.29, 1.82) is 0 Å². The first-order chi connectivity index (χ1) is 15.1. The molecule has 6 nitrogen and oxygen atoms in total. The van der Waals surface area contributed by atoms with Crippen LogP contribution in [0.2, 0.25) is 10.0 Å². The highest BCUT2D eigenvalue weighted by Crippen LogP contribution is 2.26. The summed E-state index contributed by atoms with van der Waals surface area (Å²) in [4.78, 5) is 17.3. The average Bonchev–Trinajstić information content (AvgIpc) is 3.26. The van der Waals surface area contributed by atoms with Crippen LogP contribution < -0.4 is 4.72 Å². The quantitative estimate of drug-likeness (QED) is 0.570. The van der Waals surface area contributed by atoms with E-state index >= 15 is 0 Å². The molecule has 0 aromatic heterocycles. The van der Waals surface area contributed by atoms with E-state index in [1.54, 1.807) is 17.0 Å². The van der Waals surface area contributed by atoms with Crippen LogP contribution in [0.5, 0.6) is 0 Å². The molecule has 1 aliphatic rings. The summed E-state index contributed by atoms with van der Waals surface area (Å²) in [7, 11) is -1.47. The summed E-state index contributed by atoms with van der Waals surface area (Å²) in [6.45, 7) is 2.97. The first-order valence-corrected chi connectivity index (χ1v) is 13.2. The molecule has 0 radical (unpaired) electrons. The predicted molar refractivity (Wildman–Crippen MR) is 129 cm³/mol. The first-order valence-electron chi connectivity index (χ1n) is 10.6. The summed E-state index contributed by atoms with van der Waals surface area (Å²) >= 11 is 12.1. The number of carbonyl (C=O) groups is 1. The van der Waals surface area contributed by atoms with Crippen LogP contribution in [0, 0.1) is 0 Å². The van der Waals surface area contributed by atoms with Gasteiger partial charge in [0.05, 0.1) is 28.8 Å². The van der Waals surface area contributed by atoms with E-state index in [-0.39, 0.29) is 24.9 Å². The van der Waals surface area contributed by atoms with Crippen LogP contribution in [0.4, 0.5) is 0 Å². The number of nitrogens with one attached hydrogen (secondary N) is 1. The van der Waals surface area contributed by atoms with Gasteiger partial charge < -0.3 is 9.80 Å². The number of benzene rings is 2. The molecule has 174 valence electrons. The third-order valence-electron chi connectivity index (χ3n) is 5.70. The molecule has 1 saturated heterocycles. The highest BCUT2D eigenvalue weighted by atomic mass is 35.5. The summed E-state index contributed by atoms with van der Waals surface area (Å²) in [5.74, 6) is -0.0211. The number of nitrogens with zero attached hydrogens (tertiary/aromatic N) is 2. The Morgan fingerprint density at radius 2 is 1.81 bits per heavy atom. The Labute approximate surface area is 200 Å². The monoisotopic (exact) mass is 497 g/mol. The summed E-state index contributed by atoms with van der Waals surface area (Å²) in [5, 5.41) is 0.891. The molecular weight excluding hydrogens is 469 g/mol. The molecule has 1 atom stereocenters. The van der Waals surface area contributed by atoms with Crippen molar-refractivity contribution in [1.82, 2.24) is 14.5 Å². The maximum absolute atomic E-state index is 13.2. The molecule has 1 unspecified atom stereocenters. The van der Waals surface area contributed by atoms with E-state index in [9.17, 15) is 13.2 Å². The van der Waals surface area contributed by atoms with Crippen molar-refractivity contribution in [2.24, 2.45) is 0 Å². The fraction of sp³-hybridized carbons (Fsp3) is 0.435. The molecule has 2 aromatic rings. The maximum Gasteiger partial charge on any atom is 0.227 e.